The predicted molar refractivity (Wildman–Crippen MR) is 58.0 cm³/mol. The van der Waals surface area contributed by atoms with Gasteiger partial charge in [-0.1, -0.05) is 18.9 Å². The van der Waals surface area contributed by atoms with Crippen LogP contribution in [0.2, 0.25) is 0 Å². The van der Waals surface area contributed by atoms with Gasteiger partial charge in [0.25, 0.3) is 0 Å². The molecule has 0 aromatic rings. The van der Waals surface area contributed by atoms with E-state index in [1.54, 1.807) is 7.11 Å². The van der Waals surface area contributed by atoms with Crippen LogP contribution in [0, 0.1) is 0 Å². The Morgan fingerprint density at radius 2 is 1.92 bits per heavy atom. The molecule has 1 N–H and O–H groups in total. The highest BCUT2D eigenvalue weighted by atomic mass is 16.5. The van der Waals surface area contributed by atoms with Crippen LogP contribution in [-0.2, 0) is 4.74 Å². The number of hydrogen-bond acceptors (Lipinski definition) is 2. The average molecular weight is 185 g/mol. The molecule has 0 heterocycles. The van der Waals surface area contributed by atoms with E-state index in [2.05, 4.69) is 11.9 Å². The normalized spacial score (nSPS) is 10.2. The molecule has 0 saturated carbocycles. The Morgan fingerprint density at radius 1 is 1.15 bits per heavy atom. The van der Waals surface area contributed by atoms with Gasteiger partial charge in [0, 0.05) is 13.7 Å². The van der Waals surface area contributed by atoms with Gasteiger partial charge < -0.3 is 10.1 Å². The first kappa shape index (κ1) is 12.7. The topological polar surface area (TPSA) is 21.3 Å². The molecule has 0 aliphatic rings. The molecule has 0 radical (unpaired) electrons. The van der Waals surface area contributed by atoms with Crippen LogP contribution in [0.4, 0.5) is 0 Å². The number of unbranched alkanes of at least 4 members (excludes halogenated alkanes) is 4. The molecule has 0 spiro atoms. The highest BCUT2D eigenvalue weighted by Crippen LogP contribution is 2.01. The number of hydrogen-bond donors (Lipinski definition) is 1. The molecule has 2 nitrogen and oxygen atoms in total. The van der Waals surface area contributed by atoms with E-state index in [1.807, 2.05) is 6.08 Å². The molecule has 0 saturated heterocycles. The van der Waals surface area contributed by atoms with Gasteiger partial charge in [0.1, 0.15) is 0 Å². The zero-order chi connectivity index (χ0) is 9.78. The second-order valence-electron chi connectivity index (χ2n) is 3.23. The molecular formula is C11H23NO. The standard InChI is InChI=1S/C11H23NO/c1-3-4-5-6-7-8-9-12-10-11-13-2/h3,12H,1,4-11H2,2H3. The summed E-state index contributed by atoms with van der Waals surface area (Å²) in [6.45, 7) is 6.62. The van der Waals surface area contributed by atoms with E-state index in [4.69, 9.17) is 4.74 Å². The Kier molecular flexibility index (Phi) is 11.4. The summed E-state index contributed by atoms with van der Waals surface area (Å²) in [5.74, 6) is 0. The summed E-state index contributed by atoms with van der Waals surface area (Å²) in [7, 11) is 1.73. The molecule has 0 rings (SSSR count). The third-order valence-corrected chi connectivity index (χ3v) is 1.99. The van der Waals surface area contributed by atoms with Crippen LogP contribution in [-0.4, -0.2) is 26.8 Å². The van der Waals surface area contributed by atoms with Crippen LogP contribution in [0.5, 0.6) is 0 Å². The second-order valence-corrected chi connectivity index (χ2v) is 3.23. The van der Waals surface area contributed by atoms with Gasteiger partial charge >= 0.3 is 0 Å². The number of nitrogens with one attached hydrogen (secondary N) is 1. The first-order valence-electron chi connectivity index (χ1n) is 5.22. The van der Waals surface area contributed by atoms with Crippen molar-refractivity contribution in [2.24, 2.45) is 0 Å². The predicted octanol–water partition coefficient (Wildman–Crippen LogP) is 2.36. The van der Waals surface area contributed by atoms with Gasteiger partial charge in [-0.2, -0.15) is 0 Å². The molecule has 2 heteroatoms. The summed E-state index contributed by atoms with van der Waals surface area (Å²) < 4.78 is 4.93. The van der Waals surface area contributed by atoms with Gasteiger partial charge in [-0.25, -0.2) is 0 Å². The largest absolute Gasteiger partial charge is 0.383 e. The van der Waals surface area contributed by atoms with Crippen LogP contribution < -0.4 is 5.32 Å². The molecule has 0 atom stereocenters. The zero-order valence-corrected chi connectivity index (χ0v) is 8.85. The molecule has 78 valence electrons. The number of rotatable bonds is 10. The van der Waals surface area contributed by atoms with Gasteiger partial charge in [-0.3, -0.25) is 0 Å². The average Bonchev–Trinajstić information content (AvgIpc) is 2.16. The first-order valence-corrected chi connectivity index (χ1v) is 5.22. The molecular weight excluding hydrogens is 162 g/mol. The van der Waals surface area contributed by atoms with Crippen molar-refractivity contribution in [1.82, 2.24) is 5.32 Å². The fourth-order valence-corrected chi connectivity index (χ4v) is 1.19. The monoisotopic (exact) mass is 185 g/mol. The van der Waals surface area contributed by atoms with E-state index in [0.29, 0.717) is 0 Å². The summed E-state index contributed by atoms with van der Waals surface area (Å²) >= 11 is 0. The fourth-order valence-electron chi connectivity index (χ4n) is 1.19. The Balaban J connectivity index is 2.79. The van der Waals surface area contributed by atoms with Crippen molar-refractivity contribution in [2.75, 3.05) is 26.8 Å². The van der Waals surface area contributed by atoms with Gasteiger partial charge in [0.05, 0.1) is 6.61 Å². The second kappa shape index (κ2) is 11.7. The SMILES string of the molecule is C=CCCCCCCNCCOC. The van der Waals surface area contributed by atoms with Gasteiger partial charge in [0.2, 0.25) is 0 Å². The van der Waals surface area contributed by atoms with Crippen molar-refractivity contribution in [3.05, 3.63) is 12.7 Å². The van der Waals surface area contributed by atoms with Crippen LogP contribution in [0.25, 0.3) is 0 Å². The summed E-state index contributed by atoms with van der Waals surface area (Å²) in [6.07, 6.45) is 8.39. The fraction of sp³-hybridized carbons (Fsp3) is 0.818. The third kappa shape index (κ3) is 11.7. The maximum Gasteiger partial charge on any atom is 0.0587 e. The molecule has 0 unspecified atom stereocenters. The van der Waals surface area contributed by atoms with E-state index in [1.165, 1.54) is 25.7 Å². The number of methoxy groups -OCH3 is 1. The van der Waals surface area contributed by atoms with Crippen molar-refractivity contribution >= 4 is 0 Å². The molecule has 0 fully saturated rings. The lowest BCUT2D eigenvalue weighted by Gasteiger charge is -2.03. The smallest absolute Gasteiger partial charge is 0.0587 e. The summed E-state index contributed by atoms with van der Waals surface area (Å²) in [5.41, 5.74) is 0. The summed E-state index contributed by atoms with van der Waals surface area (Å²) in [4.78, 5) is 0. The summed E-state index contributed by atoms with van der Waals surface area (Å²) in [5, 5.41) is 3.33. The minimum absolute atomic E-state index is 0.816. The molecule has 0 aromatic carbocycles. The maximum atomic E-state index is 4.93. The van der Waals surface area contributed by atoms with Gasteiger partial charge in [-0.05, 0) is 25.8 Å². The van der Waals surface area contributed by atoms with Crippen LogP contribution >= 0.6 is 0 Å². The Labute approximate surface area is 82.4 Å². The quantitative estimate of drug-likeness (QED) is 0.417. The van der Waals surface area contributed by atoms with Crippen LogP contribution in [0.3, 0.4) is 0 Å². The van der Waals surface area contributed by atoms with E-state index in [9.17, 15) is 0 Å². The Morgan fingerprint density at radius 3 is 2.62 bits per heavy atom. The van der Waals surface area contributed by atoms with Crippen molar-refractivity contribution in [3.8, 4) is 0 Å². The zero-order valence-electron chi connectivity index (χ0n) is 8.85. The summed E-state index contributed by atoms with van der Waals surface area (Å²) in [6, 6.07) is 0. The lowest BCUT2D eigenvalue weighted by atomic mass is 10.1. The van der Waals surface area contributed by atoms with Gasteiger partial charge in [0.15, 0.2) is 0 Å². The first-order chi connectivity index (χ1) is 6.41. The molecule has 13 heavy (non-hydrogen) atoms. The highest BCUT2D eigenvalue weighted by Gasteiger charge is 1.89. The Bertz CT molecular complexity index is 104. The van der Waals surface area contributed by atoms with E-state index < -0.39 is 0 Å². The van der Waals surface area contributed by atoms with Crippen molar-refractivity contribution < 1.29 is 4.74 Å². The highest BCUT2D eigenvalue weighted by molar-refractivity contribution is 4.65. The maximum absolute atomic E-state index is 4.93. The van der Waals surface area contributed by atoms with E-state index in [0.717, 1.165) is 26.1 Å². The Hall–Kier alpha value is -0.340. The third-order valence-electron chi connectivity index (χ3n) is 1.99. The molecule has 0 aliphatic carbocycles. The van der Waals surface area contributed by atoms with E-state index >= 15 is 0 Å². The lowest BCUT2D eigenvalue weighted by Crippen LogP contribution is -2.20. The van der Waals surface area contributed by atoms with E-state index in [-0.39, 0.29) is 0 Å². The molecule has 0 bridgehead atoms. The van der Waals surface area contributed by atoms with Crippen molar-refractivity contribution in [1.29, 1.82) is 0 Å². The molecule has 0 aliphatic heterocycles. The van der Waals surface area contributed by atoms with Crippen molar-refractivity contribution in [2.45, 2.75) is 32.1 Å². The molecule has 0 aromatic heterocycles. The lowest BCUT2D eigenvalue weighted by molar-refractivity contribution is 0.199. The molecule has 0 amide bonds. The van der Waals surface area contributed by atoms with Crippen LogP contribution in [0.1, 0.15) is 32.1 Å². The number of ether oxygens (including phenoxy) is 1. The van der Waals surface area contributed by atoms with Gasteiger partial charge in [-0.15, -0.1) is 6.58 Å². The number of allylic oxidation sites excluding steroid dienone is 1. The minimum atomic E-state index is 0.816. The van der Waals surface area contributed by atoms with Crippen LogP contribution in [0.15, 0.2) is 12.7 Å². The minimum Gasteiger partial charge on any atom is -0.383 e. The van der Waals surface area contributed by atoms with Crippen molar-refractivity contribution in [3.63, 3.8) is 0 Å².